The van der Waals surface area contributed by atoms with E-state index in [0.29, 0.717) is 22.2 Å². The standard InChI is InChI=1S/C24H25ClN4O4/c1-16-22(24(32)27-28-13-3-2-4-14-28)26-29(23(16)17-5-7-18(25)8-6-17)19-9-11-20(12-10-19)33-15-21(30)31/h5-12H,2-4,13-15H2,1H3,(H,27,32)(H,30,31). The number of halogens is 1. The molecule has 0 radical (unpaired) electrons. The number of aliphatic carboxylic acids is 1. The molecule has 0 unspecified atom stereocenters. The van der Waals surface area contributed by atoms with Gasteiger partial charge in [-0.2, -0.15) is 5.10 Å². The molecule has 33 heavy (non-hydrogen) atoms. The summed E-state index contributed by atoms with van der Waals surface area (Å²) in [7, 11) is 0. The summed E-state index contributed by atoms with van der Waals surface area (Å²) in [6.45, 7) is 3.11. The first-order chi connectivity index (χ1) is 15.9. The summed E-state index contributed by atoms with van der Waals surface area (Å²) in [6, 6.07) is 14.3. The summed E-state index contributed by atoms with van der Waals surface area (Å²) in [4.78, 5) is 23.8. The van der Waals surface area contributed by atoms with E-state index in [1.165, 1.54) is 6.42 Å². The maximum absolute atomic E-state index is 13.1. The summed E-state index contributed by atoms with van der Waals surface area (Å²) in [6.07, 6.45) is 3.28. The van der Waals surface area contributed by atoms with Crippen molar-refractivity contribution >= 4 is 23.5 Å². The fourth-order valence-corrected chi connectivity index (χ4v) is 4.00. The van der Waals surface area contributed by atoms with Crippen LogP contribution in [0.4, 0.5) is 0 Å². The Hall–Kier alpha value is -3.36. The van der Waals surface area contributed by atoms with Gasteiger partial charge < -0.3 is 9.84 Å². The van der Waals surface area contributed by atoms with Crippen LogP contribution in [0, 0.1) is 6.92 Å². The number of carboxylic acids is 1. The van der Waals surface area contributed by atoms with Crippen molar-refractivity contribution in [3.8, 4) is 22.7 Å². The summed E-state index contributed by atoms with van der Waals surface area (Å²) >= 11 is 6.08. The number of amides is 1. The van der Waals surface area contributed by atoms with E-state index in [0.717, 1.165) is 42.8 Å². The molecule has 4 rings (SSSR count). The molecule has 3 aromatic rings. The van der Waals surface area contributed by atoms with Crippen LogP contribution in [0.1, 0.15) is 35.3 Å². The molecule has 2 aromatic carbocycles. The Balaban J connectivity index is 1.70. The first kappa shape index (κ1) is 22.8. The van der Waals surface area contributed by atoms with Gasteiger partial charge in [-0.15, -0.1) is 0 Å². The number of carbonyl (C=O) groups excluding carboxylic acids is 1. The average Bonchev–Trinajstić information content (AvgIpc) is 3.16. The first-order valence-electron chi connectivity index (χ1n) is 10.8. The number of piperidine rings is 1. The van der Waals surface area contributed by atoms with Gasteiger partial charge in [0.05, 0.1) is 11.4 Å². The minimum atomic E-state index is -1.05. The largest absolute Gasteiger partial charge is 0.482 e. The molecule has 8 nitrogen and oxygen atoms in total. The third-order valence-electron chi connectivity index (χ3n) is 5.51. The van der Waals surface area contributed by atoms with Crippen LogP contribution in [0.5, 0.6) is 5.75 Å². The molecule has 0 spiro atoms. The molecule has 0 atom stereocenters. The van der Waals surface area contributed by atoms with Crippen LogP contribution < -0.4 is 10.2 Å². The number of rotatable bonds is 7. The van der Waals surface area contributed by atoms with Crippen molar-refractivity contribution in [1.29, 1.82) is 0 Å². The first-order valence-corrected chi connectivity index (χ1v) is 11.2. The van der Waals surface area contributed by atoms with E-state index >= 15 is 0 Å². The predicted molar refractivity (Wildman–Crippen MR) is 125 cm³/mol. The Bertz CT molecular complexity index is 1140. The van der Waals surface area contributed by atoms with Gasteiger partial charge in [-0.25, -0.2) is 14.5 Å². The number of aromatic nitrogens is 2. The molecule has 1 aliphatic rings. The lowest BCUT2D eigenvalue weighted by molar-refractivity contribution is -0.139. The zero-order valence-corrected chi connectivity index (χ0v) is 19.0. The average molecular weight is 469 g/mol. The molecule has 1 aliphatic heterocycles. The summed E-state index contributed by atoms with van der Waals surface area (Å²) < 4.78 is 6.94. The fraction of sp³-hybridized carbons (Fsp3) is 0.292. The van der Waals surface area contributed by atoms with Gasteiger partial charge in [0.25, 0.3) is 5.91 Å². The van der Waals surface area contributed by atoms with Crippen molar-refractivity contribution in [2.75, 3.05) is 19.7 Å². The second-order valence-electron chi connectivity index (χ2n) is 7.91. The summed E-state index contributed by atoms with van der Waals surface area (Å²) in [5.74, 6) is -0.859. The van der Waals surface area contributed by atoms with Crippen LogP contribution in [0.15, 0.2) is 48.5 Å². The molecule has 2 heterocycles. The van der Waals surface area contributed by atoms with E-state index in [9.17, 15) is 9.59 Å². The van der Waals surface area contributed by atoms with Gasteiger partial charge >= 0.3 is 5.97 Å². The van der Waals surface area contributed by atoms with Crippen LogP contribution in [0.2, 0.25) is 5.02 Å². The lowest BCUT2D eigenvalue weighted by Crippen LogP contribution is -2.45. The molecular formula is C24H25ClN4O4. The van der Waals surface area contributed by atoms with E-state index in [-0.39, 0.29) is 5.91 Å². The molecule has 1 saturated heterocycles. The van der Waals surface area contributed by atoms with Gasteiger partial charge in [0.2, 0.25) is 0 Å². The molecule has 1 fully saturated rings. The highest BCUT2D eigenvalue weighted by atomic mass is 35.5. The monoisotopic (exact) mass is 468 g/mol. The van der Waals surface area contributed by atoms with Gasteiger partial charge in [-0.1, -0.05) is 30.2 Å². The zero-order chi connectivity index (χ0) is 23.4. The summed E-state index contributed by atoms with van der Waals surface area (Å²) in [5.41, 5.74) is 6.43. The molecule has 2 N–H and O–H groups in total. The molecule has 0 bridgehead atoms. The van der Waals surface area contributed by atoms with Crippen molar-refractivity contribution in [2.45, 2.75) is 26.2 Å². The minimum Gasteiger partial charge on any atom is -0.482 e. The molecule has 0 saturated carbocycles. The zero-order valence-electron chi connectivity index (χ0n) is 18.3. The third kappa shape index (κ3) is 5.35. The van der Waals surface area contributed by atoms with E-state index in [1.54, 1.807) is 41.1 Å². The van der Waals surface area contributed by atoms with Gasteiger partial charge in [-0.3, -0.25) is 10.2 Å². The molecule has 9 heteroatoms. The lowest BCUT2D eigenvalue weighted by atomic mass is 10.1. The van der Waals surface area contributed by atoms with Crippen LogP contribution in [-0.2, 0) is 4.79 Å². The van der Waals surface area contributed by atoms with Crippen LogP contribution in [0.25, 0.3) is 16.9 Å². The van der Waals surface area contributed by atoms with Crippen molar-refractivity contribution in [2.24, 2.45) is 0 Å². The van der Waals surface area contributed by atoms with Crippen LogP contribution >= 0.6 is 11.6 Å². The number of carboxylic acid groups (broad SMARTS) is 1. The molecule has 0 aliphatic carbocycles. The normalized spacial score (nSPS) is 14.1. The summed E-state index contributed by atoms with van der Waals surface area (Å²) in [5, 5.41) is 16.0. The van der Waals surface area contributed by atoms with Crippen molar-refractivity contribution in [1.82, 2.24) is 20.2 Å². The Labute approximate surface area is 196 Å². The molecule has 172 valence electrons. The van der Waals surface area contributed by atoms with E-state index in [4.69, 9.17) is 21.4 Å². The Kier molecular flexibility index (Phi) is 6.96. The number of carbonyl (C=O) groups is 2. The van der Waals surface area contributed by atoms with Gasteiger partial charge in [0.15, 0.2) is 12.3 Å². The minimum absolute atomic E-state index is 0.246. The second kappa shape index (κ2) is 10.1. The maximum atomic E-state index is 13.1. The fourth-order valence-electron chi connectivity index (χ4n) is 3.88. The number of nitrogens with one attached hydrogen (secondary N) is 1. The van der Waals surface area contributed by atoms with Crippen LogP contribution in [-0.4, -0.2) is 51.5 Å². The van der Waals surface area contributed by atoms with Gasteiger partial charge in [-0.05, 0) is 56.2 Å². The number of nitrogens with zero attached hydrogens (tertiary/aromatic N) is 3. The molecule has 1 aromatic heterocycles. The SMILES string of the molecule is Cc1c(C(=O)NN2CCCCC2)nn(-c2ccc(OCC(=O)O)cc2)c1-c1ccc(Cl)cc1. The highest BCUT2D eigenvalue weighted by Crippen LogP contribution is 2.30. The number of hydrazine groups is 1. The maximum Gasteiger partial charge on any atom is 0.341 e. The number of hydrogen-bond acceptors (Lipinski definition) is 5. The van der Waals surface area contributed by atoms with E-state index < -0.39 is 12.6 Å². The van der Waals surface area contributed by atoms with Crippen molar-refractivity contribution < 1.29 is 19.4 Å². The number of benzene rings is 2. The molecule has 1 amide bonds. The second-order valence-corrected chi connectivity index (χ2v) is 8.34. The highest BCUT2D eigenvalue weighted by Gasteiger charge is 2.24. The lowest BCUT2D eigenvalue weighted by Gasteiger charge is -2.26. The van der Waals surface area contributed by atoms with Gasteiger partial charge in [0.1, 0.15) is 5.75 Å². The predicted octanol–water partition coefficient (Wildman–Crippen LogP) is 4.10. The Morgan fingerprint density at radius 1 is 1.06 bits per heavy atom. The van der Waals surface area contributed by atoms with Crippen molar-refractivity contribution in [3.63, 3.8) is 0 Å². The number of hydrogen-bond donors (Lipinski definition) is 2. The van der Waals surface area contributed by atoms with Crippen LogP contribution in [0.3, 0.4) is 0 Å². The van der Waals surface area contributed by atoms with E-state index in [1.807, 2.05) is 24.1 Å². The van der Waals surface area contributed by atoms with E-state index in [2.05, 4.69) is 10.5 Å². The van der Waals surface area contributed by atoms with Gasteiger partial charge in [0, 0.05) is 29.2 Å². The third-order valence-corrected chi connectivity index (χ3v) is 5.77. The Morgan fingerprint density at radius 2 is 1.73 bits per heavy atom. The van der Waals surface area contributed by atoms with Crippen molar-refractivity contribution in [3.05, 3.63) is 64.8 Å². The highest BCUT2D eigenvalue weighted by molar-refractivity contribution is 6.30. The number of ether oxygens (including phenoxy) is 1. The smallest absolute Gasteiger partial charge is 0.341 e. The molecular weight excluding hydrogens is 444 g/mol. The quantitative estimate of drug-likeness (QED) is 0.542. The Morgan fingerprint density at radius 3 is 2.36 bits per heavy atom. The topological polar surface area (TPSA) is 96.7 Å².